The Morgan fingerprint density at radius 2 is 2.21 bits per heavy atom. The van der Waals surface area contributed by atoms with Crippen LogP contribution >= 0.6 is 0 Å². The molecule has 2 saturated heterocycles. The van der Waals surface area contributed by atoms with Crippen molar-refractivity contribution in [2.24, 2.45) is 11.8 Å². The summed E-state index contributed by atoms with van der Waals surface area (Å²) in [5.41, 5.74) is -0.222. The molecule has 0 aromatic rings. The zero-order valence-electron chi connectivity index (χ0n) is 8.71. The number of esters is 1. The molecule has 3 fully saturated rings. The first-order valence-electron chi connectivity index (χ1n) is 5.46. The predicted octanol–water partition coefficient (Wildman–Crippen LogP) is 1.85. The van der Waals surface area contributed by atoms with E-state index in [0.717, 1.165) is 19.3 Å². The van der Waals surface area contributed by atoms with E-state index in [2.05, 4.69) is 6.92 Å². The summed E-state index contributed by atoms with van der Waals surface area (Å²) < 4.78 is 11.4. The maximum Gasteiger partial charge on any atom is 0.314 e. The molecule has 0 amide bonds. The van der Waals surface area contributed by atoms with Gasteiger partial charge in [-0.1, -0.05) is 0 Å². The summed E-state index contributed by atoms with van der Waals surface area (Å²) >= 11 is 0. The van der Waals surface area contributed by atoms with Crippen molar-refractivity contribution < 1.29 is 14.3 Å². The molecule has 1 saturated carbocycles. The molecular formula is C11H16O3. The van der Waals surface area contributed by atoms with Crippen LogP contribution in [-0.2, 0) is 14.3 Å². The summed E-state index contributed by atoms with van der Waals surface area (Å²) in [4.78, 5) is 11.7. The molecule has 0 unspecified atom stereocenters. The highest BCUT2D eigenvalue weighted by molar-refractivity contribution is 5.76. The van der Waals surface area contributed by atoms with Gasteiger partial charge in [0.2, 0.25) is 5.79 Å². The zero-order valence-corrected chi connectivity index (χ0v) is 8.71. The van der Waals surface area contributed by atoms with Crippen molar-refractivity contribution in [3.63, 3.8) is 0 Å². The van der Waals surface area contributed by atoms with Crippen molar-refractivity contribution in [2.75, 3.05) is 0 Å². The maximum absolute atomic E-state index is 11.7. The fourth-order valence-electron chi connectivity index (χ4n) is 3.31. The minimum absolute atomic E-state index is 0.00123. The first-order valence-corrected chi connectivity index (χ1v) is 5.46. The van der Waals surface area contributed by atoms with Gasteiger partial charge in [-0.2, -0.15) is 0 Å². The molecule has 2 heterocycles. The summed E-state index contributed by atoms with van der Waals surface area (Å²) in [6, 6.07) is 0. The van der Waals surface area contributed by atoms with Crippen LogP contribution in [-0.4, -0.2) is 17.4 Å². The van der Waals surface area contributed by atoms with Crippen molar-refractivity contribution >= 4 is 5.97 Å². The molecule has 14 heavy (non-hydrogen) atoms. The van der Waals surface area contributed by atoms with E-state index in [1.54, 1.807) is 0 Å². The third kappa shape index (κ3) is 0.888. The normalized spacial score (nSPS) is 55.7. The lowest BCUT2D eigenvalue weighted by Crippen LogP contribution is -2.65. The first kappa shape index (κ1) is 8.72. The van der Waals surface area contributed by atoms with E-state index in [-0.39, 0.29) is 17.5 Å². The molecule has 3 rings (SSSR count). The topological polar surface area (TPSA) is 35.5 Å². The molecule has 0 N–H and O–H groups in total. The van der Waals surface area contributed by atoms with Gasteiger partial charge in [0.25, 0.3) is 0 Å². The maximum atomic E-state index is 11.7. The Morgan fingerprint density at radius 3 is 3.00 bits per heavy atom. The summed E-state index contributed by atoms with van der Waals surface area (Å²) in [7, 11) is 0. The standard InChI is InChI=1S/C11H16O3/c1-10-5-3-4-7-6-8(9(12)13-10)11(7,2)14-10/h7-8H,3-6H2,1-2H3/t7-,8-,10+,11-/m0/s1. The second-order valence-corrected chi connectivity index (χ2v) is 5.22. The second-order valence-electron chi connectivity index (χ2n) is 5.22. The van der Waals surface area contributed by atoms with Crippen LogP contribution in [0.3, 0.4) is 0 Å². The summed E-state index contributed by atoms with van der Waals surface area (Å²) in [5.74, 6) is -0.113. The minimum Gasteiger partial charge on any atom is -0.433 e. The third-order valence-corrected chi connectivity index (χ3v) is 4.24. The van der Waals surface area contributed by atoms with Gasteiger partial charge in [-0.05, 0) is 32.1 Å². The first-order chi connectivity index (χ1) is 6.54. The van der Waals surface area contributed by atoms with Gasteiger partial charge < -0.3 is 9.47 Å². The van der Waals surface area contributed by atoms with Gasteiger partial charge in [-0.25, -0.2) is 0 Å². The molecule has 3 aliphatic rings. The number of carbonyl (C=O) groups excluding carboxylic acids is 1. The van der Waals surface area contributed by atoms with E-state index in [1.807, 2.05) is 6.92 Å². The van der Waals surface area contributed by atoms with E-state index in [4.69, 9.17) is 9.47 Å². The Labute approximate surface area is 83.8 Å². The van der Waals surface area contributed by atoms with Gasteiger partial charge in [-0.15, -0.1) is 0 Å². The smallest absolute Gasteiger partial charge is 0.314 e. The lowest BCUT2D eigenvalue weighted by atomic mass is 9.60. The SMILES string of the molecule is C[C@@]12CCC[C@H]3C[C@@H](C(=O)O1)[C@@]3(C)O2. The Hall–Kier alpha value is -0.570. The molecule has 1 aliphatic carbocycles. The number of rotatable bonds is 0. The van der Waals surface area contributed by atoms with Crippen molar-refractivity contribution in [3.8, 4) is 0 Å². The van der Waals surface area contributed by atoms with Gasteiger partial charge in [-0.3, -0.25) is 4.79 Å². The highest BCUT2D eigenvalue weighted by atomic mass is 16.7. The van der Waals surface area contributed by atoms with E-state index in [0.29, 0.717) is 5.92 Å². The molecular weight excluding hydrogens is 180 g/mol. The van der Waals surface area contributed by atoms with E-state index < -0.39 is 5.79 Å². The van der Waals surface area contributed by atoms with Crippen molar-refractivity contribution in [1.29, 1.82) is 0 Å². The van der Waals surface area contributed by atoms with Gasteiger partial charge in [0, 0.05) is 13.3 Å². The van der Waals surface area contributed by atoms with Gasteiger partial charge in [0.05, 0.1) is 11.5 Å². The molecule has 0 spiro atoms. The predicted molar refractivity (Wildman–Crippen MR) is 49.4 cm³/mol. The van der Waals surface area contributed by atoms with E-state index in [9.17, 15) is 4.79 Å². The number of carbonyl (C=O) groups is 1. The molecule has 2 bridgehead atoms. The highest BCUT2D eigenvalue weighted by Gasteiger charge is 2.64. The summed E-state index contributed by atoms with van der Waals surface area (Å²) in [6.07, 6.45) is 4.10. The average Bonchev–Trinajstić information content (AvgIpc) is 2.14. The lowest BCUT2D eigenvalue weighted by molar-refractivity contribution is -0.341. The fraction of sp³-hybridized carbons (Fsp3) is 0.909. The average molecular weight is 196 g/mol. The van der Waals surface area contributed by atoms with Crippen molar-refractivity contribution in [3.05, 3.63) is 0 Å². The molecule has 0 radical (unpaired) electrons. The van der Waals surface area contributed by atoms with Gasteiger partial charge >= 0.3 is 5.97 Å². The van der Waals surface area contributed by atoms with Crippen LogP contribution in [0.5, 0.6) is 0 Å². The Kier molecular flexibility index (Phi) is 1.45. The molecule has 3 nitrogen and oxygen atoms in total. The van der Waals surface area contributed by atoms with E-state index >= 15 is 0 Å². The van der Waals surface area contributed by atoms with Crippen molar-refractivity contribution in [1.82, 2.24) is 0 Å². The second kappa shape index (κ2) is 2.32. The lowest BCUT2D eigenvalue weighted by Gasteiger charge is -2.57. The summed E-state index contributed by atoms with van der Waals surface area (Å²) in [5, 5.41) is 0. The Balaban J connectivity index is 2.01. The fourth-order valence-corrected chi connectivity index (χ4v) is 3.31. The third-order valence-electron chi connectivity index (χ3n) is 4.24. The molecule has 3 heteroatoms. The van der Waals surface area contributed by atoms with Crippen LogP contribution < -0.4 is 0 Å². The van der Waals surface area contributed by atoms with Crippen molar-refractivity contribution in [2.45, 2.75) is 50.9 Å². The molecule has 78 valence electrons. The number of hydrogen-bond acceptors (Lipinski definition) is 3. The summed E-state index contributed by atoms with van der Waals surface area (Å²) in [6.45, 7) is 3.98. The number of hydrogen-bond donors (Lipinski definition) is 0. The van der Waals surface area contributed by atoms with Crippen LogP contribution in [0.1, 0.15) is 39.5 Å². The van der Waals surface area contributed by atoms with Crippen LogP contribution in [0.15, 0.2) is 0 Å². The van der Waals surface area contributed by atoms with Gasteiger partial charge in [0.15, 0.2) is 0 Å². The quantitative estimate of drug-likeness (QED) is 0.555. The van der Waals surface area contributed by atoms with E-state index in [1.165, 1.54) is 6.42 Å². The Bertz CT molecular complexity index is 301. The molecule has 4 atom stereocenters. The van der Waals surface area contributed by atoms with Crippen LogP contribution in [0.2, 0.25) is 0 Å². The van der Waals surface area contributed by atoms with Crippen LogP contribution in [0, 0.1) is 11.8 Å². The minimum atomic E-state index is -0.641. The largest absolute Gasteiger partial charge is 0.433 e. The zero-order chi connectivity index (χ0) is 9.97. The molecule has 0 aromatic heterocycles. The van der Waals surface area contributed by atoms with Gasteiger partial charge in [0.1, 0.15) is 0 Å². The van der Waals surface area contributed by atoms with Crippen LogP contribution in [0.25, 0.3) is 0 Å². The number of fused-ring (bicyclic) bond motifs is 1. The molecule has 0 aromatic carbocycles. The Morgan fingerprint density at radius 1 is 1.43 bits per heavy atom. The highest BCUT2D eigenvalue weighted by Crippen LogP contribution is 2.57. The monoisotopic (exact) mass is 196 g/mol. The number of ether oxygens (including phenoxy) is 2. The van der Waals surface area contributed by atoms with Crippen LogP contribution in [0.4, 0.5) is 0 Å². The molecule has 2 aliphatic heterocycles.